The molecule has 0 radical (unpaired) electrons. The molecule has 0 aliphatic heterocycles. The molecule has 0 spiro atoms. The van der Waals surface area contributed by atoms with Gasteiger partial charge < -0.3 is 16.4 Å². The van der Waals surface area contributed by atoms with Crippen LogP contribution >= 0.6 is 0 Å². The van der Waals surface area contributed by atoms with E-state index in [1.807, 2.05) is 27.7 Å². The van der Waals surface area contributed by atoms with Crippen molar-refractivity contribution in [3.05, 3.63) is 29.3 Å². The molecule has 0 heterocycles. The molecule has 0 saturated heterocycles. The number of rotatable bonds is 7. The van der Waals surface area contributed by atoms with Crippen LogP contribution in [-0.4, -0.2) is 24.4 Å². The maximum atomic E-state index is 12.0. The lowest BCUT2D eigenvalue weighted by Gasteiger charge is -2.12. The zero-order valence-electron chi connectivity index (χ0n) is 13.9. The normalized spacial score (nSPS) is 12.1. The van der Waals surface area contributed by atoms with Crippen molar-refractivity contribution >= 4 is 17.5 Å². The largest absolute Gasteiger partial charge is 0.352 e. The SMILES string of the molecule is Cc1cc(C(=O)NCCC(C)N)ccc1NC(=O)CC(C)C. The molecule has 2 amide bonds. The average molecular weight is 305 g/mol. The monoisotopic (exact) mass is 305 g/mol. The number of amides is 2. The summed E-state index contributed by atoms with van der Waals surface area (Å²) < 4.78 is 0. The second-order valence-corrected chi connectivity index (χ2v) is 6.20. The van der Waals surface area contributed by atoms with Gasteiger partial charge in [0.15, 0.2) is 0 Å². The molecule has 1 aromatic rings. The zero-order chi connectivity index (χ0) is 16.7. The first-order valence-electron chi connectivity index (χ1n) is 7.74. The number of anilines is 1. The topological polar surface area (TPSA) is 84.2 Å². The van der Waals surface area contributed by atoms with Crippen LogP contribution in [0.3, 0.4) is 0 Å². The Balaban J connectivity index is 2.64. The minimum atomic E-state index is -0.121. The van der Waals surface area contributed by atoms with E-state index in [-0.39, 0.29) is 17.9 Å². The fraction of sp³-hybridized carbons (Fsp3) is 0.529. The van der Waals surface area contributed by atoms with Gasteiger partial charge in [-0.2, -0.15) is 0 Å². The minimum Gasteiger partial charge on any atom is -0.352 e. The third kappa shape index (κ3) is 6.26. The van der Waals surface area contributed by atoms with Crippen molar-refractivity contribution < 1.29 is 9.59 Å². The summed E-state index contributed by atoms with van der Waals surface area (Å²) in [4.78, 5) is 23.8. The lowest BCUT2D eigenvalue weighted by molar-refractivity contribution is -0.116. The number of aryl methyl sites for hydroxylation is 1. The predicted octanol–water partition coefficient (Wildman–Crippen LogP) is 2.45. The van der Waals surface area contributed by atoms with E-state index in [1.165, 1.54) is 0 Å². The highest BCUT2D eigenvalue weighted by Crippen LogP contribution is 2.17. The van der Waals surface area contributed by atoms with Gasteiger partial charge in [-0.1, -0.05) is 13.8 Å². The van der Waals surface area contributed by atoms with Crippen LogP contribution < -0.4 is 16.4 Å². The fourth-order valence-electron chi connectivity index (χ4n) is 2.03. The van der Waals surface area contributed by atoms with Gasteiger partial charge in [-0.15, -0.1) is 0 Å². The highest BCUT2D eigenvalue weighted by Gasteiger charge is 2.10. The second kappa shape index (κ2) is 8.54. The van der Waals surface area contributed by atoms with E-state index >= 15 is 0 Å². The zero-order valence-corrected chi connectivity index (χ0v) is 13.9. The molecule has 22 heavy (non-hydrogen) atoms. The van der Waals surface area contributed by atoms with E-state index in [0.717, 1.165) is 17.7 Å². The van der Waals surface area contributed by atoms with Crippen molar-refractivity contribution in [2.45, 2.75) is 46.6 Å². The molecule has 5 nitrogen and oxygen atoms in total. The summed E-state index contributed by atoms with van der Waals surface area (Å²) in [5, 5.41) is 5.72. The van der Waals surface area contributed by atoms with Gasteiger partial charge in [0.05, 0.1) is 0 Å². The summed E-state index contributed by atoms with van der Waals surface area (Å²) in [6.07, 6.45) is 1.23. The Kier molecular flexibility index (Phi) is 7.05. The minimum absolute atomic E-state index is 0.00719. The van der Waals surface area contributed by atoms with E-state index < -0.39 is 0 Å². The third-order valence-electron chi connectivity index (χ3n) is 3.24. The highest BCUT2D eigenvalue weighted by molar-refractivity contribution is 5.96. The molecule has 4 N–H and O–H groups in total. The standard InChI is InChI=1S/C17H27N3O2/c1-11(2)9-16(21)20-15-6-5-14(10-12(15)3)17(22)19-8-7-13(4)18/h5-6,10-11,13H,7-9,18H2,1-4H3,(H,19,22)(H,20,21). The molecular formula is C17H27N3O2. The maximum absolute atomic E-state index is 12.0. The molecule has 0 saturated carbocycles. The maximum Gasteiger partial charge on any atom is 0.251 e. The number of nitrogens with one attached hydrogen (secondary N) is 2. The molecule has 1 atom stereocenters. The molecule has 122 valence electrons. The highest BCUT2D eigenvalue weighted by atomic mass is 16.2. The Labute approximate surface area is 132 Å². The number of nitrogens with two attached hydrogens (primary N) is 1. The first-order chi connectivity index (χ1) is 10.3. The molecule has 0 aromatic heterocycles. The average Bonchev–Trinajstić information content (AvgIpc) is 2.39. The first-order valence-corrected chi connectivity index (χ1v) is 7.74. The van der Waals surface area contributed by atoms with Gasteiger partial charge in [-0.05, 0) is 49.9 Å². The van der Waals surface area contributed by atoms with E-state index in [4.69, 9.17) is 5.73 Å². The lowest BCUT2D eigenvalue weighted by atomic mass is 10.1. The van der Waals surface area contributed by atoms with Crippen molar-refractivity contribution in [3.63, 3.8) is 0 Å². The van der Waals surface area contributed by atoms with Gasteiger partial charge in [-0.3, -0.25) is 9.59 Å². The van der Waals surface area contributed by atoms with Gasteiger partial charge in [0, 0.05) is 30.3 Å². The summed E-state index contributed by atoms with van der Waals surface area (Å²) in [7, 11) is 0. The van der Waals surface area contributed by atoms with Crippen molar-refractivity contribution in [2.24, 2.45) is 11.7 Å². The van der Waals surface area contributed by atoms with Gasteiger partial charge in [0.1, 0.15) is 0 Å². The van der Waals surface area contributed by atoms with Crippen LogP contribution in [0.5, 0.6) is 0 Å². The van der Waals surface area contributed by atoms with Gasteiger partial charge in [0.2, 0.25) is 5.91 Å². The quantitative estimate of drug-likeness (QED) is 0.723. The van der Waals surface area contributed by atoms with Crippen molar-refractivity contribution in [1.29, 1.82) is 0 Å². The molecular weight excluding hydrogens is 278 g/mol. The van der Waals surface area contributed by atoms with Crippen molar-refractivity contribution in [1.82, 2.24) is 5.32 Å². The molecule has 0 aliphatic carbocycles. The second-order valence-electron chi connectivity index (χ2n) is 6.20. The molecule has 0 fully saturated rings. The Hall–Kier alpha value is -1.88. The number of carbonyl (C=O) groups is 2. The number of benzene rings is 1. The number of carbonyl (C=O) groups excluding carboxylic acids is 2. The summed E-state index contributed by atoms with van der Waals surface area (Å²) in [5.74, 6) is 0.186. The molecule has 1 rings (SSSR count). The van der Waals surface area contributed by atoms with Crippen LogP contribution in [0.4, 0.5) is 5.69 Å². The Morgan fingerprint density at radius 2 is 1.91 bits per heavy atom. The summed E-state index contributed by atoms with van der Waals surface area (Å²) in [6.45, 7) is 8.35. The molecule has 0 aliphatic rings. The summed E-state index contributed by atoms with van der Waals surface area (Å²) in [6, 6.07) is 5.35. The first kappa shape index (κ1) is 18.2. The van der Waals surface area contributed by atoms with Gasteiger partial charge >= 0.3 is 0 Å². The predicted molar refractivity (Wildman–Crippen MR) is 89.9 cm³/mol. The van der Waals surface area contributed by atoms with E-state index in [2.05, 4.69) is 10.6 Å². The van der Waals surface area contributed by atoms with E-state index in [1.54, 1.807) is 18.2 Å². The molecule has 1 unspecified atom stereocenters. The lowest BCUT2D eigenvalue weighted by Crippen LogP contribution is -2.29. The smallest absolute Gasteiger partial charge is 0.251 e. The fourth-order valence-corrected chi connectivity index (χ4v) is 2.03. The van der Waals surface area contributed by atoms with Crippen LogP contribution in [0.1, 0.15) is 49.5 Å². The Morgan fingerprint density at radius 3 is 2.45 bits per heavy atom. The Morgan fingerprint density at radius 1 is 1.23 bits per heavy atom. The summed E-state index contributed by atoms with van der Waals surface area (Å²) >= 11 is 0. The molecule has 1 aromatic carbocycles. The molecule has 0 bridgehead atoms. The third-order valence-corrected chi connectivity index (χ3v) is 3.24. The number of hydrogen-bond acceptors (Lipinski definition) is 3. The van der Waals surface area contributed by atoms with Crippen LogP contribution in [0.2, 0.25) is 0 Å². The molecule has 5 heteroatoms. The van der Waals surface area contributed by atoms with Crippen molar-refractivity contribution in [3.8, 4) is 0 Å². The van der Waals surface area contributed by atoms with Gasteiger partial charge in [0.25, 0.3) is 5.91 Å². The van der Waals surface area contributed by atoms with Crippen LogP contribution in [-0.2, 0) is 4.79 Å². The summed E-state index contributed by atoms with van der Waals surface area (Å²) in [5.41, 5.74) is 7.86. The van der Waals surface area contributed by atoms with Gasteiger partial charge in [-0.25, -0.2) is 0 Å². The van der Waals surface area contributed by atoms with Crippen LogP contribution in [0, 0.1) is 12.8 Å². The number of hydrogen-bond donors (Lipinski definition) is 3. The van der Waals surface area contributed by atoms with Crippen LogP contribution in [0.15, 0.2) is 18.2 Å². The Bertz CT molecular complexity index is 525. The van der Waals surface area contributed by atoms with E-state index in [9.17, 15) is 9.59 Å². The van der Waals surface area contributed by atoms with Crippen molar-refractivity contribution in [2.75, 3.05) is 11.9 Å². The van der Waals surface area contributed by atoms with Crippen LogP contribution in [0.25, 0.3) is 0 Å². The van der Waals surface area contributed by atoms with E-state index in [0.29, 0.717) is 24.4 Å².